The van der Waals surface area contributed by atoms with Gasteiger partial charge in [-0.1, -0.05) is 30.3 Å². The molecular formula is C12H12F3NO3. The van der Waals surface area contributed by atoms with Crippen molar-refractivity contribution in [3.05, 3.63) is 35.9 Å². The van der Waals surface area contributed by atoms with Gasteiger partial charge in [0.25, 0.3) is 0 Å². The number of hydrogen-bond acceptors (Lipinski definition) is 2. The molecule has 4 nitrogen and oxygen atoms in total. The zero-order chi connectivity index (χ0) is 14.6. The van der Waals surface area contributed by atoms with E-state index in [1.807, 2.05) is 0 Å². The maximum absolute atomic E-state index is 12.3. The molecule has 7 heteroatoms. The number of benzene rings is 1. The molecule has 19 heavy (non-hydrogen) atoms. The molecule has 0 heterocycles. The molecule has 0 saturated heterocycles. The SMILES string of the molecule is CN(C(=O)C(F)(F)F)[C@@H](Cc1ccccc1)C(=O)O. The van der Waals surface area contributed by atoms with Crippen molar-refractivity contribution in [1.82, 2.24) is 4.90 Å². The summed E-state index contributed by atoms with van der Waals surface area (Å²) in [6, 6.07) is 6.59. The number of carboxylic acid groups (broad SMARTS) is 1. The van der Waals surface area contributed by atoms with Crippen molar-refractivity contribution in [3.63, 3.8) is 0 Å². The molecule has 0 bridgehead atoms. The maximum Gasteiger partial charge on any atom is 0.471 e. The maximum atomic E-state index is 12.3. The molecule has 1 atom stereocenters. The third-order valence-corrected chi connectivity index (χ3v) is 2.59. The summed E-state index contributed by atoms with van der Waals surface area (Å²) in [4.78, 5) is 22.3. The van der Waals surface area contributed by atoms with Crippen LogP contribution in [0.3, 0.4) is 0 Å². The van der Waals surface area contributed by atoms with Crippen molar-refractivity contribution in [1.29, 1.82) is 0 Å². The standard InChI is InChI=1S/C12H12F3NO3/c1-16(11(19)12(13,14)15)9(10(17)18)7-8-5-3-2-4-6-8/h2-6,9H,7H2,1H3,(H,17,18)/t9-/m0/s1. The van der Waals surface area contributed by atoms with Gasteiger partial charge in [0.2, 0.25) is 0 Å². The number of aliphatic carboxylic acids is 1. The summed E-state index contributed by atoms with van der Waals surface area (Å²) >= 11 is 0. The van der Waals surface area contributed by atoms with Crippen LogP contribution in [0.5, 0.6) is 0 Å². The first-order chi connectivity index (χ1) is 8.73. The summed E-state index contributed by atoms with van der Waals surface area (Å²) < 4.78 is 36.8. The van der Waals surface area contributed by atoms with Crippen LogP contribution < -0.4 is 0 Å². The largest absolute Gasteiger partial charge is 0.480 e. The number of likely N-dealkylation sites (N-methyl/N-ethyl adjacent to an activating group) is 1. The predicted molar refractivity (Wildman–Crippen MR) is 60.4 cm³/mol. The van der Waals surface area contributed by atoms with Crippen molar-refractivity contribution in [2.75, 3.05) is 7.05 Å². The lowest BCUT2D eigenvalue weighted by atomic mass is 10.0. The average Bonchev–Trinajstić information content (AvgIpc) is 2.34. The fraction of sp³-hybridized carbons (Fsp3) is 0.333. The molecule has 1 amide bonds. The average molecular weight is 275 g/mol. The van der Waals surface area contributed by atoms with Crippen molar-refractivity contribution in [2.45, 2.75) is 18.6 Å². The summed E-state index contributed by atoms with van der Waals surface area (Å²) in [6.45, 7) is 0. The molecule has 104 valence electrons. The molecule has 0 aliphatic rings. The van der Waals surface area contributed by atoms with Crippen LogP contribution in [0.25, 0.3) is 0 Å². The molecule has 0 fully saturated rings. The first-order valence-electron chi connectivity index (χ1n) is 5.34. The topological polar surface area (TPSA) is 57.6 Å². The van der Waals surface area contributed by atoms with Crippen LogP contribution in [0.4, 0.5) is 13.2 Å². The van der Waals surface area contributed by atoms with Gasteiger partial charge >= 0.3 is 18.1 Å². The number of carbonyl (C=O) groups excluding carboxylic acids is 1. The second-order valence-electron chi connectivity index (χ2n) is 3.96. The number of hydrogen-bond donors (Lipinski definition) is 1. The van der Waals surface area contributed by atoms with E-state index >= 15 is 0 Å². The lowest BCUT2D eigenvalue weighted by molar-refractivity contribution is -0.188. The molecule has 0 saturated carbocycles. The van der Waals surface area contributed by atoms with Gasteiger partial charge in [0, 0.05) is 13.5 Å². The molecule has 0 radical (unpaired) electrons. The summed E-state index contributed by atoms with van der Waals surface area (Å²) in [5.74, 6) is -3.65. The number of nitrogens with zero attached hydrogens (tertiary/aromatic N) is 1. The van der Waals surface area contributed by atoms with E-state index in [9.17, 15) is 22.8 Å². The molecule has 1 aromatic carbocycles. The minimum absolute atomic E-state index is 0.186. The summed E-state index contributed by atoms with van der Waals surface area (Å²) in [6.07, 6.45) is -5.27. The van der Waals surface area contributed by atoms with Crippen molar-refractivity contribution in [2.24, 2.45) is 0 Å². The van der Waals surface area contributed by atoms with Crippen LogP contribution in [0, 0.1) is 0 Å². The number of carbonyl (C=O) groups is 2. The smallest absolute Gasteiger partial charge is 0.471 e. The number of rotatable bonds is 4. The van der Waals surface area contributed by atoms with Gasteiger partial charge < -0.3 is 10.0 Å². The summed E-state index contributed by atoms with van der Waals surface area (Å²) in [7, 11) is 0.831. The van der Waals surface area contributed by atoms with Gasteiger partial charge in [-0.15, -0.1) is 0 Å². The molecule has 0 aliphatic heterocycles. The van der Waals surface area contributed by atoms with Gasteiger partial charge in [0.15, 0.2) is 0 Å². The monoisotopic (exact) mass is 275 g/mol. The van der Waals surface area contributed by atoms with E-state index in [0.717, 1.165) is 7.05 Å². The predicted octanol–water partition coefficient (Wildman–Crippen LogP) is 1.70. The molecule has 0 unspecified atom stereocenters. The molecule has 1 rings (SSSR count). The van der Waals surface area contributed by atoms with Crippen LogP contribution in [-0.4, -0.2) is 41.1 Å². The summed E-state index contributed by atoms with van der Waals surface area (Å²) in [5, 5.41) is 8.96. The van der Waals surface area contributed by atoms with E-state index in [4.69, 9.17) is 5.11 Å². The second-order valence-corrected chi connectivity index (χ2v) is 3.96. The van der Waals surface area contributed by atoms with Crippen LogP contribution in [0.2, 0.25) is 0 Å². The third kappa shape index (κ3) is 3.97. The molecule has 0 aromatic heterocycles. The molecular weight excluding hydrogens is 263 g/mol. The Morgan fingerprint density at radius 2 is 1.79 bits per heavy atom. The molecule has 0 spiro atoms. The van der Waals surface area contributed by atoms with E-state index < -0.39 is 24.1 Å². The highest BCUT2D eigenvalue weighted by molar-refractivity contribution is 5.87. The Labute approximate surface area is 107 Å². The highest BCUT2D eigenvalue weighted by Gasteiger charge is 2.44. The first-order valence-corrected chi connectivity index (χ1v) is 5.34. The Morgan fingerprint density at radius 1 is 1.26 bits per heavy atom. The van der Waals surface area contributed by atoms with Crippen molar-refractivity contribution in [3.8, 4) is 0 Å². The third-order valence-electron chi connectivity index (χ3n) is 2.59. The van der Waals surface area contributed by atoms with Crippen LogP contribution in [0.1, 0.15) is 5.56 Å². The van der Waals surface area contributed by atoms with Gasteiger partial charge in [-0.2, -0.15) is 13.2 Å². The Bertz CT molecular complexity index is 459. The van der Waals surface area contributed by atoms with Gasteiger partial charge in [0.1, 0.15) is 6.04 Å². The number of amides is 1. The highest BCUT2D eigenvalue weighted by atomic mass is 19.4. The summed E-state index contributed by atoms with van der Waals surface area (Å²) in [5.41, 5.74) is 0.539. The zero-order valence-corrected chi connectivity index (χ0v) is 10.0. The first kappa shape index (κ1) is 15.0. The van der Waals surface area contributed by atoms with Crippen LogP contribution >= 0.6 is 0 Å². The molecule has 1 aromatic rings. The minimum atomic E-state index is -5.08. The van der Waals surface area contributed by atoms with E-state index in [1.54, 1.807) is 30.3 Å². The fourth-order valence-corrected chi connectivity index (χ4v) is 1.57. The van der Waals surface area contributed by atoms with Crippen LogP contribution in [0.15, 0.2) is 30.3 Å². The Hall–Kier alpha value is -2.05. The molecule has 0 aliphatic carbocycles. The van der Waals surface area contributed by atoms with Crippen molar-refractivity contribution >= 4 is 11.9 Å². The van der Waals surface area contributed by atoms with Gasteiger partial charge in [-0.3, -0.25) is 4.79 Å². The number of carboxylic acids is 1. The van der Waals surface area contributed by atoms with Gasteiger partial charge in [0.05, 0.1) is 0 Å². The Balaban J connectivity index is 2.90. The zero-order valence-electron chi connectivity index (χ0n) is 10.0. The second kappa shape index (κ2) is 5.73. The Morgan fingerprint density at radius 3 is 2.21 bits per heavy atom. The van der Waals surface area contributed by atoms with Crippen LogP contribution in [-0.2, 0) is 16.0 Å². The number of halogens is 3. The normalized spacial score (nSPS) is 12.8. The van der Waals surface area contributed by atoms with E-state index in [0.29, 0.717) is 5.56 Å². The van der Waals surface area contributed by atoms with Gasteiger partial charge in [-0.25, -0.2) is 4.79 Å². The lowest BCUT2D eigenvalue weighted by Gasteiger charge is -2.25. The quantitative estimate of drug-likeness (QED) is 0.910. The Kier molecular flexibility index (Phi) is 4.52. The fourth-order valence-electron chi connectivity index (χ4n) is 1.57. The minimum Gasteiger partial charge on any atom is -0.480 e. The van der Waals surface area contributed by atoms with Crippen molar-refractivity contribution < 1.29 is 27.9 Å². The van der Waals surface area contributed by atoms with E-state index in [2.05, 4.69) is 0 Å². The number of alkyl halides is 3. The van der Waals surface area contributed by atoms with E-state index in [-0.39, 0.29) is 11.3 Å². The molecule has 1 N–H and O–H groups in total. The van der Waals surface area contributed by atoms with E-state index in [1.165, 1.54) is 0 Å². The van der Waals surface area contributed by atoms with Gasteiger partial charge in [-0.05, 0) is 5.56 Å². The lowest BCUT2D eigenvalue weighted by Crippen LogP contribution is -2.49. The highest BCUT2D eigenvalue weighted by Crippen LogP contribution is 2.20.